The van der Waals surface area contributed by atoms with Crippen molar-refractivity contribution in [3.8, 4) is 0 Å². The first-order valence-electron chi connectivity index (χ1n) is 16.2. The molecule has 0 radical (unpaired) electrons. The van der Waals surface area contributed by atoms with Crippen LogP contribution < -0.4 is 5.32 Å². The Hall–Kier alpha value is -3.62. The van der Waals surface area contributed by atoms with Crippen LogP contribution in [-0.2, 0) is 33.6 Å². The van der Waals surface area contributed by atoms with E-state index in [2.05, 4.69) is 72.6 Å². The molecule has 0 unspecified atom stereocenters. The number of carbonyl (C=O) groups is 2. The lowest BCUT2D eigenvalue weighted by Gasteiger charge is -2.02. The first-order valence-corrected chi connectivity index (χ1v) is 18.0. The highest BCUT2D eigenvalue weighted by Crippen LogP contribution is 2.18. The highest BCUT2D eigenvalue weighted by molar-refractivity contribution is 7.10. The van der Waals surface area contributed by atoms with E-state index < -0.39 is 0 Å². The molecule has 0 aliphatic rings. The minimum Gasteiger partial charge on any atom is -0.492 e. The zero-order chi connectivity index (χ0) is 33.2. The van der Waals surface area contributed by atoms with Crippen molar-refractivity contribution < 1.29 is 14.3 Å². The van der Waals surface area contributed by atoms with Gasteiger partial charge in [0, 0.05) is 36.6 Å². The fourth-order valence-corrected chi connectivity index (χ4v) is 5.94. The number of carbonyl (C=O) groups excluding carboxylic acids is 2. The predicted octanol–water partition coefficient (Wildman–Crippen LogP) is 9.49. The van der Waals surface area contributed by atoms with Gasteiger partial charge in [-0.2, -0.15) is 0 Å². The number of hydrogen-bond donors (Lipinski definition) is 1. The molecule has 0 aliphatic heterocycles. The van der Waals surface area contributed by atoms with E-state index in [0.29, 0.717) is 25.2 Å². The van der Waals surface area contributed by atoms with E-state index in [4.69, 9.17) is 14.7 Å². The van der Waals surface area contributed by atoms with Gasteiger partial charge in [-0.15, -0.1) is 29.3 Å². The van der Waals surface area contributed by atoms with E-state index in [1.54, 1.807) is 22.7 Å². The molecule has 2 heterocycles. The minimum absolute atomic E-state index is 0.103. The number of aromatic nitrogens is 2. The molecule has 248 valence electrons. The van der Waals surface area contributed by atoms with Gasteiger partial charge in [-0.3, -0.25) is 9.59 Å². The number of amides is 1. The highest BCUT2D eigenvalue weighted by Gasteiger charge is 2.08. The summed E-state index contributed by atoms with van der Waals surface area (Å²) in [5.74, 6) is 0.0934. The Kier molecular flexibility index (Phi) is 20.6. The van der Waals surface area contributed by atoms with Crippen LogP contribution in [0.5, 0.6) is 0 Å². The lowest BCUT2D eigenvalue weighted by atomic mass is 10.1. The topological polar surface area (TPSA) is 81.2 Å². The van der Waals surface area contributed by atoms with Crippen LogP contribution in [0.1, 0.15) is 92.5 Å². The van der Waals surface area contributed by atoms with E-state index in [9.17, 15) is 9.59 Å². The average Bonchev–Trinajstić information content (AvgIpc) is 3.70. The number of ether oxygens (including phenoxy) is 1. The maximum absolute atomic E-state index is 12.5. The normalized spacial score (nSPS) is 12.2. The molecule has 2 aromatic heterocycles. The van der Waals surface area contributed by atoms with Crippen molar-refractivity contribution in [3.63, 3.8) is 0 Å². The van der Waals surface area contributed by atoms with Gasteiger partial charge in [0.2, 0.25) is 0 Å². The van der Waals surface area contributed by atoms with Gasteiger partial charge in [-0.05, 0) is 77.2 Å². The average molecular weight is 662 g/mol. The quantitative estimate of drug-likeness (QED) is 0.0377. The second-order valence-corrected chi connectivity index (χ2v) is 12.8. The lowest BCUT2D eigenvalue weighted by Crippen LogP contribution is -2.25. The summed E-state index contributed by atoms with van der Waals surface area (Å²) >= 11 is 3.37. The van der Waals surface area contributed by atoms with E-state index in [-0.39, 0.29) is 11.7 Å². The lowest BCUT2D eigenvalue weighted by molar-refractivity contribution is -0.120. The second-order valence-electron chi connectivity index (χ2n) is 10.9. The van der Waals surface area contributed by atoms with Crippen LogP contribution in [-0.4, -0.2) is 35.3 Å². The Balaban J connectivity index is 1.57. The van der Waals surface area contributed by atoms with Crippen LogP contribution in [0.2, 0.25) is 0 Å². The maximum atomic E-state index is 12.5. The molecule has 0 saturated heterocycles. The molecule has 1 amide bonds. The van der Waals surface area contributed by atoms with Gasteiger partial charge >= 0.3 is 0 Å². The number of aryl methyl sites for hydroxylation is 3. The molecule has 0 fully saturated rings. The molecule has 0 aromatic carbocycles. The number of rotatable bonds is 25. The number of nitrogens with one attached hydrogen (secondary N) is 1. The monoisotopic (exact) mass is 661 g/mol. The van der Waals surface area contributed by atoms with E-state index in [1.807, 2.05) is 24.3 Å². The van der Waals surface area contributed by atoms with Gasteiger partial charge in [0.15, 0.2) is 5.76 Å². The maximum Gasteiger partial charge on any atom is 0.285 e. The molecular formula is C38H51N3O3S2. The fraction of sp³-hybridized carbons (Fsp3) is 0.421. The Morgan fingerprint density at radius 2 is 1.52 bits per heavy atom. The van der Waals surface area contributed by atoms with Crippen LogP contribution in [0, 0.1) is 0 Å². The van der Waals surface area contributed by atoms with Crippen molar-refractivity contribution in [2.24, 2.45) is 0 Å². The fourth-order valence-electron chi connectivity index (χ4n) is 4.30. The Labute approximate surface area is 284 Å². The standard InChI is InChI=1S/C38H51N3O3S2/c1-5-6-7-8-9-10-11-12-15-18-23-36-40-33(29-45-36)25-26-35(42)22-20-24-37-41-34(30-46-37)28-31(2)21-17-14-13-16-19-27-39-38(43)32(3)44-4/h5,8-9,12-16,19,28-30H,1,3,6-7,10-11,17-18,20-27H2,2,4H3,(H,39,43)/b9-8+,14-13+,15-12+,19-16+,31-28+. The molecule has 0 bridgehead atoms. The zero-order valence-corrected chi connectivity index (χ0v) is 29.3. The smallest absolute Gasteiger partial charge is 0.285 e. The molecule has 0 atom stereocenters. The number of methoxy groups -OCH3 is 1. The number of thiazole rings is 2. The minimum atomic E-state index is -0.308. The molecule has 0 aliphatic carbocycles. The summed E-state index contributed by atoms with van der Waals surface area (Å²) in [5, 5.41) is 9.12. The summed E-state index contributed by atoms with van der Waals surface area (Å²) in [7, 11) is 1.42. The SMILES string of the molecule is C=CCC/C=C/CC/C=C/CCc1nc(CCC(=O)CCCc2nc(/C=C(\C)CC/C=C/C=C/CNC(=O)C(=C)OC)cs2)cs1. The molecule has 6 nitrogen and oxygen atoms in total. The zero-order valence-electron chi connectivity index (χ0n) is 27.7. The third-order valence-corrected chi connectivity index (χ3v) is 8.82. The number of Topliss-reactive ketones (excluding diaryl/α,β-unsaturated/α-hetero) is 1. The number of allylic oxidation sites excluding steroid dienone is 9. The van der Waals surface area contributed by atoms with Gasteiger partial charge in [-0.25, -0.2) is 9.97 Å². The molecular weight excluding hydrogens is 611 g/mol. The number of hydrogen-bond acceptors (Lipinski definition) is 7. The van der Waals surface area contributed by atoms with Crippen LogP contribution in [0.25, 0.3) is 6.08 Å². The van der Waals surface area contributed by atoms with Crippen LogP contribution in [0.4, 0.5) is 0 Å². The van der Waals surface area contributed by atoms with Gasteiger partial charge in [-0.1, -0.05) is 66.8 Å². The van der Waals surface area contributed by atoms with E-state index in [1.165, 1.54) is 12.7 Å². The summed E-state index contributed by atoms with van der Waals surface area (Å²) in [6, 6.07) is 0. The molecule has 0 saturated carbocycles. The van der Waals surface area contributed by atoms with Gasteiger partial charge in [0.25, 0.3) is 5.91 Å². The molecule has 2 rings (SSSR count). The molecule has 1 N–H and O–H groups in total. The largest absolute Gasteiger partial charge is 0.492 e. The summed E-state index contributed by atoms with van der Waals surface area (Å²) in [5.41, 5.74) is 3.30. The van der Waals surface area contributed by atoms with Gasteiger partial charge < -0.3 is 10.1 Å². The Morgan fingerprint density at radius 3 is 2.28 bits per heavy atom. The summed E-state index contributed by atoms with van der Waals surface area (Å²) < 4.78 is 4.79. The molecule has 2 aromatic rings. The number of unbranched alkanes of at least 4 members (excludes halogenated alkanes) is 2. The first-order chi connectivity index (χ1) is 22.4. The molecule has 8 heteroatoms. The van der Waals surface area contributed by atoms with Crippen molar-refractivity contribution in [1.82, 2.24) is 15.3 Å². The summed E-state index contributed by atoms with van der Waals surface area (Å²) in [4.78, 5) is 33.5. The third kappa shape index (κ3) is 18.4. The highest BCUT2D eigenvalue weighted by atomic mass is 32.1. The Morgan fingerprint density at radius 1 is 0.826 bits per heavy atom. The van der Waals surface area contributed by atoms with Gasteiger partial charge in [0.05, 0.1) is 28.5 Å². The number of nitrogens with zero attached hydrogens (tertiary/aromatic N) is 2. The van der Waals surface area contributed by atoms with Crippen LogP contribution in [0.3, 0.4) is 0 Å². The number of ketones is 1. The summed E-state index contributed by atoms with van der Waals surface area (Å²) in [6.45, 7) is 9.80. The van der Waals surface area contributed by atoms with Crippen LogP contribution in [0.15, 0.2) is 89.9 Å². The summed E-state index contributed by atoms with van der Waals surface area (Å²) in [6.07, 6.45) is 32.6. The first kappa shape index (κ1) is 38.6. The third-order valence-electron chi connectivity index (χ3n) is 6.93. The van der Waals surface area contributed by atoms with Crippen molar-refractivity contribution in [2.45, 2.75) is 90.4 Å². The van der Waals surface area contributed by atoms with E-state index >= 15 is 0 Å². The van der Waals surface area contributed by atoms with Gasteiger partial charge in [0.1, 0.15) is 5.78 Å². The van der Waals surface area contributed by atoms with Crippen molar-refractivity contribution in [1.29, 1.82) is 0 Å². The van der Waals surface area contributed by atoms with Crippen molar-refractivity contribution >= 4 is 40.4 Å². The van der Waals surface area contributed by atoms with E-state index in [0.717, 1.165) is 92.0 Å². The van der Waals surface area contributed by atoms with Crippen molar-refractivity contribution in [3.05, 3.63) is 111 Å². The predicted molar refractivity (Wildman–Crippen MR) is 196 cm³/mol. The second kappa shape index (κ2) is 24.6. The van der Waals surface area contributed by atoms with Crippen LogP contribution >= 0.6 is 22.7 Å². The van der Waals surface area contributed by atoms with Crippen molar-refractivity contribution in [2.75, 3.05) is 13.7 Å². The molecule has 46 heavy (non-hydrogen) atoms. The molecule has 0 spiro atoms. The Bertz CT molecular complexity index is 1360.